The van der Waals surface area contributed by atoms with E-state index in [0.29, 0.717) is 12.5 Å². The molecule has 6 nitrogen and oxygen atoms in total. The van der Waals surface area contributed by atoms with Gasteiger partial charge in [-0.25, -0.2) is 0 Å². The first-order chi connectivity index (χ1) is 9.81. The van der Waals surface area contributed by atoms with Gasteiger partial charge >= 0.3 is 6.18 Å². The van der Waals surface area contributed by atoms with Gasteiger partial charge in [0.05, 0.1) is 0 Å². The van der Waals surface area contributed by atoms with Crippen molar-refractivity contribution in [3.63, 3.8) is 0 Å². The Morgan fingerprint density at radius 3 is 2.90 bits per heavy atom. The highest BCUT2D eigenvalue weighted by Gasteiger charge is 2.31. The number of piperidine rings is 1. The van der Waals surface area contributed by atoms with Gasteiger partial charge in [0.15, 0.2) is 5.82 Å². The zero-order valence-corrected chi connectivity index (χ0v) is 11.9. The molecule has 2 rings (SSSR count). The molecule has 0 amide bonds. The summed E-state index contributed by atoms with van der Waals surface area (Å²) >= 11 is 0. The summed E-state index contributed by atoms with van der Waals surface area (Å²) in [6.07, 6.45) is -2.30. The molecule has 0 saturated carbocycles. The van der Waals surface area contributed by atoms with Crippen molar-refractivity contribution in [3.05, 3.63) is 5.82 Å². The summed E-state index contributed by atoms with van der Waals surface area (Å²) in [6.45, 7) is 2.71. The molecular weight excluding hydrogens is 287 g/mol. The van der Waals surface area contributed by atoms with Crippen LogP contribution in [0, 0.1) is 5.41 Å². The minimum Gasteiger partial charge on any atom is -0.364 e. The van der Waals surface area contributed by atoms with E-state index in [1.165, 1.54) is 0 Å². The fraction of sp³-hybridized carbons (Fsp3) is 0.833. The topological polar surface area (TPSA) is 80.1 Å². The molecule has 1 saturated heterocycles. The molecule has 21 heavy (non-hydrogen) atoms. The molecule has 1 unspecified atom stereocenters. The average Bonchev–Trinajstić information content (AvgIpc) is 2.86. The first kappa shape index (κ1) is 16.0. The standard InChI is InChI=1S/C12H20F3N5O/c1-11(6-16)3-2-4-20(7-11)10-17-9(18-19-10)5-21-8-12(13,14)15/h2-8,16H2,1H3,(H,17,18,19). The third-order valence-electron chi connectivity index (χ3n) is 3.58. The Kier molecular flexibility index (Phi) is 4.72. The SMILES string of the molecule is CC1(CN)CCCN(c2n[nH]c(COCC(F)(F)F)n2)C1. The number of halogens is 3. The zero-order chi connectivity index (χ0) is 15.5. The van der Waals surface area contributed by atoms with Crippen molar-refractivity contribution in [2.24, 2.45) is 11.1 Å². The third kappa shape index (κ3) is 4.57. The number of nitrogens with zero attached hydrogens (tertiary/aromatic N) is 3. The molecule has 1 aromatic rings. The van der Waals surface area contributed by atoms with Crippen LogP contribution in [0.5, 0.6) is 0 Å². The van der Waals surface area contributed by atoms with E-state index in [4.69, 9.17) is 5.73 Å². The molecule has 0 aromatic carbocycles. The van der Waals surface area contributed by atoms with Gasteiger partial charge in [0.1, 0.15) is 13.2 Å². The van der Waals surface area contributed by atoms with Crippen LogP contribution in [0.2, 0.25) is 0 Å². The van der Waals surface area contributed by atoms with E-state index in [1.54, 1.807) is 0 Å². The zero-order valence-electron chi connectivity index (χ0n) is 11.9. The Labute approximate surface area is 120 Å². The van der Waals surface area contributed by atoms with Crippen LogP contribution in [0.4, 0.5) is 19.1 Å². The molecule has 1 atom stereocenters. The van der Waals surface area contributed by atoms with Crippen LogP contribution < -0.4 is 10.6 Å². The van der Waals surface area contributed by atoms with Gasteiger partial charge in [0.2, 0.25) is 5.95 Å². The molecule has 0 spiro atoms. The average molecular weight is 307 g/mol. The van der Waals surface area contributed by atoms with Gasteiger partial charge in [-0.15, -0.1) is 5.10 Å². The van der Waals surface area contributed by atoms with Crippen LogP contribution in [-0.4, -0.2) is 47.6 Å². The molecule has 1 aromatic heterocycles. The van der Waals surface area contributed by atoms with Gasteiger partial charge in [0, 0.05) is 13.1 Å². The molecule has 1 aliphatic rings. The summed E-state index contributed by atoms with van der Waals surface area (Å²) in [5.74, 6) is 0.772. The number of hydrogen-bond donors (Lipinski definition) is 2. The summed E-state index contributed by atoms with van der Waals surface area (Å²) in [7, 11) is 0. The number of H-pyrrole nitrogens is 1. The van der Waals surface area contributed by atoms with Crippen LogP contribution in [0.15, 0.2) is 0 Å². The number of ether oxygens (including phenoxy) is 1. The molecule has 0 aliphatic carbocycles. The summed E-state index contributed by atoms with van der Waals surface area (Å²) in [5, 5.41) is 6.65. The van der Waals surface area contributed by atoms with E-state index in [-0.39, 0.29) is 17.8 Å². The second kappa shape index (κ2) is 6.18. The number of alkyl halides is 3. The van der Waals surface area contributed by atoms with E-state index in [1.807, 2.05) is 4.90 Å². The number of aromatic nitrogens is 3. The predicted octanol–water partition coefficient (Wildman–Crippen LogP) is 1.45. The number of hydrogen-bond acceptors (Lipinski definition) is 5. The molecule has 1 aliphatic heterocycles. The first-order valence-electron chi connectivity index (χ1n) is 6.82. The van der Waals surface area contributed by atoms with Gasteiger partial charge in [-0.05, 0) is 24.8 Å². The highest BCUT2D eigenvalue weighted by atomic mass is 19.4. The lowest BCUT2D eigenvalue weighted by Gasteiger charge is -2.39. The van der Waals surface area contributed by atoms with E-state index in [0.717, 1.165) is 25.9 Å². The number of nitrogens with two attached hydrogens (primary N) is 1. The van der Waals surface area contributed by atoms with E-state index < -0.39 is 12.8 Å². The lowest BCUT2D eigenvalue weighted by Crippen LogP contribution is -2.46. The smallest absolute Gasteiger partial charge is 0.364 e. The van der Waals surface area contributed by atoms with Crippen molar-refractivity contribution >= 4 is 5.95 Å². The summed E-state index contributed by atoms with van der Waals surface area (Å²) in [5.41, 5.74) is 5.81. The number of anilines is 1. The highest BCUT2D eigenvalue weighted by molar-refractivity contribution is 5.30. The van der Waals surface area contributed by atoms with Gasteiger partial charge in [-0.1, -0.05) is 6.92 Å². The van der Waals surface area contributed by atoms with Gasteiger partial charge in [-0.2, -0.15) is 18.2 Å². The van der Waals surface area contributed by atoms with Crippen molar-refractivity contribution in [2.75, 3.05) is 31.1 Å². The molecule has 0 radical (unpaired) electrons. The van der Waals surface area contributed by atoms with Crippen LogP contribution in [0.3, 0.4) is 0 Å². The Bertz CT molecular complexity index is 464. The van der Waals surface area contributed by atoms with Crippen molar-refractivity contribution in [1.29, 1.82) is 0 Å². The monoisotopic (exact) mass is 307 g/mol. The number of nitrogens with one attached hydrogen (secondary N) is 1. The Balaban J connectivity index is 1.90. The highest BCUT2D eigenvalue weighted by Crippen LogP contribution is 2.29. The number of aromatic amines is 1. The molecule has 2 heterocycles. The van der Waals surface area contributed by atoms with Crippen LogP contribution in [0.25, 0.3) is 0 Å². The molecule has 3 N–H and O–H groups in total. The Hall–Kier alpha value is -1.35. The van der Waals surface area contributed by atoms with E-state index in [2.05, 4.69) is 26.8 Å². The maximum absolute atomic E-state index is 12.0. The fourth-order valence-corrected chi connectivity index (χ4v) is 2.41. The fourth-order valence-electron chi connectivity index (χ4n) is 2.41. The van der Waals surface area contributed by atoms with Crippen LogP contribution >= 0.6 is 0 Å². The van der Waals surface area contributed by atoms with Crippen molar-refractivity contribution in [2.45, 2.75) is 32.5 Å². The summed E-state index contributed by atoms with van der Waals surface area (Å²) in [6, 6.07) is 0. The molecular formula is C12H20F3N5O. The maximum atomic E-state index is 12.0. The second-order valence-electron chi connectivity index (χ2n) is 5.73. The van der Waals surface area contributed by atoms with Gasteiger partial charge in [-0.3, -0.25) is 5.10 Å². The molecule has 9 heteroatoms. The predicted molar refractivity (Wildman–Crippen MR) is 70.7 cm³/mol. The van der Waals surface area contributed by atoms with Crippen LogP contribution in [0.1, 0.15) is 25.6 Å². The van der Waals surface area contributed by atoms with E-state index >= 15 is 0 Å². The number of rotatable bonds is 5. The Morgan fingerprint density at radius 1 is 1.48 bits per heavy atom. The van der Waals surface area contributed by atoms with Crippen LogP contribution in [-0.2, 0) is 11.3 Å². The largest absolute Gasteiger partial charge is 0.411 e. The molecule has 1 fully saturated rings. The Morgan fingerprint density at radius 2 is 2.24 bits per heavy atom. The maximum Gasteiger partial charge on any atom is 0.411 e. The quantitative estimate of drug-likeness (QED) is 0.860. The van der Waals surface area contributed by atoms with Crippen molar-refractivity contribution in [1.82, 2.24) is 15.2 Å². The summed E-state index contributed by atoms with van der Waals surface area (Å²) < 4.78 is 40.5. The van der Waals surface area contributed by atoms with Gasteiger partial charge < -0.3 is 15.4 Å². The lowest BCUT2D eigenvalue weighted by atomic mass is 9.82. The van der Waals surface area contributed by atoms with E-state index in [9.17, 15) is 13.2 Å². The third-order valence-corrected chi connectivity index (χ3v) is 3.58. The normalized spacial score (nSPS) is 23.6. The minimum atomic E-state index is -4.33. The summed E-state index contributed by atoms with van der Waals surface area (Å²) in [4.78, 5) is 6.18. The minimum absolute atomic E-state index is 0.0197. The molecule has 0 bridgehead atoms. The lowest BCUT2D eigenvalue weighted by molar-refractivity contribution is -0.177. The van der Waals surface area contributed by atoms with Crippen molar-refractivity contribution < 1.29 is 17.9 Å². The van der Waals surface area contributed by atoms with Crippen molar-refractivity contribution in [3.8, 4) is 0 Å². The first-order valence-corrected chi connectivity index (χ1v) is 6.82. The molecule has 120 valence electrons. The second-order valence-corrected chi connectivity index (χ2v) is 5.73. The van der Waals surface area contributed by atoms with Gasteiger partial charge in [0.25, 0.3) is 0 Å².